The van der Waals surface area contributed by atoms with Gasteiger partial charge in [-0.05, 0) is 55.9 Å². The molecular weight excluding hydrogens is 406 g/mol. The van der Waals surface area contributed by atoms with Crippen LogP contribution in [0.4, 0.5) is 0 Å². The van der Waals surface area contributed by atoms with E-state index in [9.17, 15) is 14.7 Å². The van der Waals surface area contributed by atoms with Crippen LogP contribution in [0.2, 0.25) is 0 Å². The maximum atomic E-state index is 13.0. The van der Waals surface area contributed by atoms with Crippen molar-refractivity contribution in [2.75, 3.05) is 32.8 Å². The monoisotopic (exact) mass is 437 g/mol. The van der Waals surface area contributed by atoms with Crippen molar-refractivity contribution >= 4 is 17.4 Å². The second kappa shape index (κ2) is 10.9. The predicted octanol–water partition coefficient (Wildman–Crippen LogP) is 3.63. The average molecular weight is 438 g/mol. The Morgan fingerprint density at radius 3 is 2.41 bits per heavy atom. The van der Waals surface area contributed by atoms with Gasteiger partial charge in [0.15, 0.2) is 0 Å². The standard InChI is InChI=1S/C25H31N3O4/c1-4-17-32-19-12-10-18(11-13-19)23(29)21-22(20-9-7-8-14-26-20)28(25(31)24(21)30)16-15-27(5-2)6-3/h7-14,22,29H,4-6,15-17H2,1-3H3/b23-21+/t22-/m0/s1. The van der Waals surface area contributed by atoms with E-state index in [0.29, 0.717) is 36.7 Å². The molecular formula is C25H31N3O4. The van der Waals surface area contributed by atoms with Gasteiger partial charge < -0.3 is 19.6 Å². The molecule has 32 heavy (non-hydrogen) atoms. The molecule has 3 rings (SSSR count). The van der Waals surface area contributed by atoms with Crippen LogP contribution in [0.15, 0.2) is 54.2 Å². The summed E-state index contributed by atoms with van der Waals surface area (Å²) in [7, 11) is 0. The molecule has 0 saturated carbocycles. The van der Waals surface area contributed by atoms with E-state index in [-0.39, 0.29) is 11.3 Å². The fourth-order valence-corrected chi connectivity index (χ4v) is 3.83. The lowest BCUT2D eigenvalue weighted by atomic mass is 9.98. The fraction of sp³-hybridized carbons (Fsp3) is 0.400. The number of Topliss-reactive ketones (excluding diaryl/α,β-unsaturated/α-hetero) is 1. The molecule has 1 saturated heterocycles. The second-order valence-corrected chi connectivity index (χ2v) is 7.65. The van der Waals surface area contributed by atoms with Crippen LogP contribution in [-0.2, 0) is 9.59 Å². The van der Waals surface area contributed by atoms with Gasteiger partial charge in [0.1, 0.15) is 17.6 Å². The number of amides is 1. The number of likely N-dealkylation sites (N-methyl/N-ethyl adjacent to an activating group) is 1. The number of rotatable bonds is 10. The number of benzene rings is 1. The van der Waals surface area contributed by atoms with Crippen molar-refractivity contribution in [1.29, 1.82) is 0 Å². The van der Waals surface area contributed by atoms with Crippen LogP contribution < -0.4 is 4.74 Å². The molecule has 1 aromatic carbocycles. The molecule has 1 aromatic heterocycles. The first-order valence-electron chi connectivity index (χ1n) is 11.2. The van der Waals surface area contributed by atoms with Crippen LogP contribution >= 0.6 is 0 Å². The van der Waals surface area contributed by atoms with E-state index in [4.69, 9.17) is 4.74 Å². The van der Waals surface area contributed by atoms with Crippen LogP contribution in [0.25, 0.3) is 5.76 Å². The van der Waals surface area contributed by atoms with Crippen molar-refractivity contribution in [2.24, 2.45) is 0 Å². The molecule has 170 valence electrons. The summed E-state index contributed by atoms with van der Waals surface area (Å²) in [5, 5.41) is 11.1. The third kappa shape index (κ3) is 4.99. The number of carbonyl (C=O) groups is 2. The Morgan fingerprint density at radius 2 is 1.81 bits per heavy atom. The number of aromatic nitrogens is 1. The van der Waals surface area contributed by atoms with E-state index in [1.54, 1.807) is 42.6 Å². The summed E-state index contributed by atoms with van der Waals surface area (Å²) in [4.78, 5) is 34.1. The van der Waals surface area contributed by atoms with Gasteiger partial charge in [0.2, 0.25) is 0 Å². The molecule has 2 heterocycles. The highest BCUT2D eigenvalue weighted by atomic mass is 16.5. The molecule has 1 atom stereocenters. The quantitative estimate of drug-likeness (QED) is 0.347. The van der Waals surface area contributed by atoms with Gasteiger partial charge in [-0.25, -0.2) is 0 Å². The third-order valence-corrected chi connectivity index (χ3v) is 5.66. The first-order valence-corrected chi connectivity index (χ1v) is 11.2. The summed E-state index contributed by atoms with van der Waals surface area (Å²) in [5.74, 6) is -0.822. The number of carbonyl (C=O) groups excluding carboxylic acids is 2. The number of pyridine rings is 1. The van der Waals surface area contributed by atoms with E-state index in [1.165, 1.54) is 4.90 Å². The van der Waals surface area contributed by atoms with E-state index in [2.05, 4.69) is 23.7 Å². The Kier molecular flexibility index (Phi) is 8.00. The molecule has 1 fully saturated rings. The Bertz CT molecular complexity index is 953. The number of ether oxygens (including phenoxy) is 1. The molecule has 0 aliphatic carbocycles. The van der Waals surface area contributed by atoms with Gasteiger partial charge in [0.25, 0.3) is 11.7 Å². The Labute approximate surface area is 189 Å². The Balaban J connectivity index is 2.00. The third-order valence-electron chi connectivity index (χ3n) is 5.66. The van der Waals surface area contributed by atoms with Crippen molar-refractivity contribution < 1.29 is 19.4 Å². The van der Waals surface area contributed by atoms with Gasteiger partial charge in [0.05, 0.1) is 17.9 Å². The van der Waals surface area contributed by atoms with Gasteiger partial charge in [0, 0.05) is 24.8 Å². The average Bonchev–Trinajstić information content (AvgIpc) is 3.08. The maximum Gasteiger partial charge on any atom is 0.295 e. The predicted molar refractivity (Wildman–Crippen MR) is 123 cm³/mol. The summed E-state index contributed by atoms with van der Waals surface area (Å²) in [5.41, 5.74) is 1.07. The minimum Gasteiger partial charge on any atom is -0.507 e. The van der Waals surface area contributed by atoms with Crippen molar-refractivity contribution in [1.82, 2.24) is 14.8 Å². The minimum absolute atomic E-state index is 0.0653. The SMILES string of the molecule is CCCOc1ccc(/C(O)=C2\C(=O)C(=O)N(CCN(CC)CC)[C@H]2c2ccccn2)cc1. The van der Waals surface area contributed by atoms with Gasteiger partial charge in [-0.2, -0.15) is 0 Å². The summed E-state index contributed by atoms with van der Waals surface area (Å²) >= 11 is 0. The summed E-state index contributed by atoms with van der Waals surface area (Å²) in [6.45, 7) is 9.44. The van der Waals surface area contributed by atoms with Crippen molar-refractivity contribution in [3.63, 3.8) is 0 Å². The topological polar surface area (TPSA) is 83.0 Å². The van der Waals surface area contributed by atoms with E-state index < -0.39 is 17.7 Å². The summed E-state index contributed by atoms with van der Waals surface area (Å²) < 4.78 is 5.59. The number of aliphatic hydroxyl groups is 1. The molecule has 1 aliphatic rings. The highest BCUT2D eigenvalue weighted by Gasteiger charge is 2.46. The highest BCUT2D eigenvalue weighted by Crippen LogP contribution is 2.38. The van der Waals surface area contributed by atoms with E-state index >= 15 is 0 Å². The molecule has 1 amide bonds. The van der Waals surface area contributed by atoms with Gasteiger partial charge >= 0.3 is 0 Å². The number of nitrogens with zero attached hydrogens (tertiary/aromatic N) is 3. The first kappa shape index (κ1) is 23.5. The smallest absolute Gasteiger partial charge is 0.295 e. The number of hydrogen-bond acceptors (Lipinski definition) is 6. The van der Waals surface area contributed by atoms with Crippen LogP contribution in [0.5, 0.6) is 5.75 Å². The normalized spacial score (nSPS) is 17.9. The minimum atomic E-state index is -0.734. The lowest BCUT2D eigenvalue weighted by Crippen LogP contribution is -2.38. The number of hydrogen-bond donors (Lipinski definition) is 1. The molecule has 0 bridgehead atoms. The zero-order chi connectivity index (χ0) is 23.1. The molecule has 0 unspecified atom stereocenters. The maximum absolute atomic E-state index is 13.0. The zero-order valence-electron chi connectivity index (χ0n) is 19.0. The number of aliphatic hydroxyl groups excluding tert-OH is 1. The number of likely N-dealkylation sites (tertiary alicyclic amines) is 1. The lowest BCUT2D eigenvalue weighted by molar-refractivity contribution is -0.140. The van der Waals surface area contributed by atoms with Crippen molar-refractivity contribution in [2.45, 2.75) is 33.2 Å². The van der Waals surface area contributed by atoms with Crippen LogP contribution in [-0.4, -0.2) is 64.4 Å². The van der Waals surface area contributed by atoms with Gasteiger partial charge in [-0.15, -0.1) is 0 Å². The summed E-state index contributed by atoms with van der Waals surface area (Å²) in [6.07, 6.45) is 2.52. The second-order valence-electron chi connectivity index (χ2n) is 7.65. The van der Waals surface area contributed by atoms with Gasteiger partial charge in [-0.1, -0.05) is 26.8 Å². The largest absolute Gasteiger partial charge is 0.507 e. The molecule has 0 spiro atoms. The van der Waals surface area contributed by atoms with Crippen molar-refractivity contribution in [3.8, 4) is 5.75 Å². The highest BCUT2D eigenvalue weighted by molar-refractivity contribution is 6.46. The van der Waals surface area contributed by atoms with Crippen LogP contribution in [0.1, 0.15) is 44.5 Å². The molecule has 1 N–H and O–H groups in total. The lowest BCUT2D eigenvalue weighted by Gasteiger charge is -2.27. The van der Waals surface area contributed by atoms with E-state index in [0.717, 1.165) is 19.5 Å². The summed E-state index contributed by atoms with van der Waals surface area (Å²) in [6, 6.07) is 11.5. The fourth-order valence-electron chi connectivity index (χ4n) is 3.83. The Morgan fingerprint density at radius 1 is 1.09 bits per heavy atom. The molecule has 7 heteroatoms. The van der Waals surface area contributed by atoms with Gasteiger partial charge in [-0.3, -0.25) is 14.6 Å². The number of ketones is 1. The Hall–Kier alpha value is -3.19. The molecule has 2 aromatic rings. The molecule has 0 radical (unpaired) electrons. The van der Waals surface area contributed by atoms with E-state index in [1.807, 2.05) is 13.0 Å². The zero-order valence-corrected chi connectivity index (χ0v) is 19.0. The van der Waals surface area contributed by atoms with Crippen molar-refractivity contribution in [3.05, 3.63) is 65.5 Å². The van der Waals surface area contributed by atoms with Crippen LogP contribution in [0.3, 0.4) is 0 Å². The molecule has 7 nitrogen and oxygen atoms in total. The molecule has 1 aliphatic heterocycles. The van der Waals surface area contributed by atoms with Crippen LogP contribution in [0, 0.1) is 0 Å². The first-order chi connectivity index (χ1) is 15.5.